The molecular formula is C12H18N2O4S. The molecule has 1 rings (SSSR count). The summed E-state index contributed by atoms with van der Waals surface area (Å²) in [6.07, 6.45) is 1.12. The fourth-order valence-corrected chi connectivity index (χ4v) is 2.05. The molecule has 1 amide bonds. The third-order valence-corrected chi connectivity index (χ3v) is 3.52. The molecule has 0 bridgehead atoms. The van der Waals surface area contributed by atoms with Crippen molar-refractivity contribution in [2.24, 2.45) is 5.73 Å². The molecule has 0 aliphatic heterocycles. The summed E-state index contributed by atoms with van der Waals surface area (Å²) in [4.78, 5) is 11.7. The molecule has 0 fully saturated rings. The van der Waals surface area contributed by atoms with Crippen LogP contribution in [-0.4, -0.2) is 40.3 Å². The van der Waals surface area contributed by atoms with Crippen molar-refractivity contribution in [3.8, 4) is 0 Å². The topological polar surface area (TPSA) is 98.5 Å². The van der Waals surface area contributed by atoms with Gasteiger partial charge in [-0.05, 0) is 24.6 Å². The number of ether oxygens (including phenoxy) is 1. The fourth-order valence-electron chi connectivity index (χ4n) is 1.40. The first kappa shape index (κ1) is 15.6. The third kappa shape index (κ3) is 4.98. The quantitative estimate of drug-likeness (QED) is 0.733. The van der Waals surface area contributed by atoms with Crippen molar-refractivity contribution in [1.29, 1.82) is 0 Å². The maximum Gasteiger partial charge on any atom is 0.250 e. The Morgan fingerprint density at radius 2 is 2.11 bits per heavy atom. The van der Waals surface area contributed by atoms with E-state index >= 15 is 0 Å². The molecule has 0 aromatic heterocycles. The SMILES string of the molecule is Cc1ccc(S(C)(=O)=O)cc1NC(=O)COCCN. The van der Waals surface area contributed by atoms with Crippen molar-refractivity contribution in [3.63, 3.8) is 0 Å². The number of benzene rings is 1. The summed E-state index contributed by atoms with van der Waals surface area (Å²) in [5.41, 5.74) is 6.48. The standard InChI is InChI=1S/C12H18N2O4S/c1-9-3-4-10(19(2,16)17)7-11(9)14-12(15)8-18-6-5-13/h3-4,7H,5-6,8,13H2,1-2H3,(H,14,15). The molecule has 0 aliphatic carbocycles. The number of nitrogens with one attached hydrogen (secondary N) is 1. The predicted octanol–water partition coefficient (Wildman–Crippen LogP) is 0.312. The molecular weight excluding hydrogens is 268 g/mol. The molecule has 0 spiro atoms. The van der Waals surface area contributed by atoms with Gasteiger partial charge in [0.1, 0.15) is 6.61 Å². The summed E-state index contributed by atoms with van der Waals surface area (Å²) >= 11 is 0. The summed E-state index contributed by atoms with van der Waals surface area (Å²) in [7, 11) is -3.30. The molecule has 0 radical (unpaired) electrons. The average Bonchev–Trinajstić information content (AvgIpc) is 2.31. The van der Waals surface area contributed by atoms with E-state index in [-0.39, 0.29) is 17.4 Å². The molecule has 19 heavy (non-hydrogen) atoms. The monoisotopic (exact) mass is 286 g/mol. The van der Waals surface area contributed by atoms with Gasteiger partial charge in [0.2, 0.25) is 5.91 Å². The Hall–Kier alpha value is -1.44. The Morgan fingerprint density at radius 1 is 1.42 bits per heavy atom. The molecule has 0 saturated carbocycles. The fraction of sp³-hybridized carbons (Fsp3) is 0.417. The van der Waals surface area contributed by atoms with E-state index in [4.69, 9.17) is 10.5 Å². The molecule has 0 atom stereocenters. The third-order valence-electron chi connectivity index (χ3n) is 2.41. The van der Waals surface area contributed by atoms with Gasteiger partial charge >= 0.3 is 0 Å². The lowest BCUT2D eigenvalue weighted by Gasteiger charge is -2.10. The van der Waals surface area contributed by atoms with Gasteiger partial charge in [0, 0.05) is 18.5 Å². The lowest BCUT2D eigenvalue weighted by atomic mass is 10.2. The van der Waals surface area contributed by atoms with E-state index in [9.17, 15) is 13.2 Å². The van der Waals surface area contributed by atoms with Crippen molar-refractivity contribution in [3.05, 3.63) is 23.8 Å². The second kappa shape index (κ2) is 6.65. The van der Waals surface area contributed by atoms with Gasteiger partial charge in [0.05, 0.1) is 11.5 Å². The number of sulfone groups is 1. The molecule has 3 N–H and O–H groups in total. The summed E-state index contributed by atoms with van der Waals surface area (Å²) in [5, 5.41) is 2.61. The maximum atomic E-state index is 11.6. The minimum Gasteiger partial charge on any atom is -0.370 e. The highest BCUT2D eigenvalue weighted by Gasteiger charge is 2.11. The van der Waals surface area contributed by atoms with E-state index in [1.165, 1.54) is 12.1 Å². The van der Waals surface area contributed by atoms with E-state index in [0.29, 0.717) is 18.8 Å². The Balaban J connectivity index is 2.80. The smallest absolute Gasteiger partial charge is 0.250 e. The Bertz CT molecular complexity index is 555. The zero-order chi connectivity index (χ0) is 14.5. The molecule has 0 aliphatic rings. The van der Waals surface area contributed by atoms with Crippen LogP contribution in [0.3, 0.4) is 0 Å². The lowest BCUT2D eigenvalue weighted by Crippen LogP contribution is -2.21. The molecule has 106 valence electrons. The second-order valence-electron chi connectivity index (χ2n) is 4.14. The van der Waals surface area contributed by atoms with E-state index in [1.807, 2.05) is 0 Å². The van der Waals surface area contributed by atoms with Crippen LogP contribution in [0.15, 0.2) is 23.1 Å². The van der Waals surface area contributed by atoms with E-state index in [1.54, 1.807) is 13.0 Å². The van der Waals surface area contributed by atoms with Crippen molar-refractivity contribution in [2.75, 3.05) is 31.3 Å². The van der Waals surface area contributed by atoms with Gasteiger partial charge in [-0.15, -0.1) is 0 Å². The highest BCUT2D eigenvalue weighted by atomic mass is 32.2. The van der Waals surface area contributed by atoms with Gasteiger partial charge < -0.3 is 15.8 Å². The van der Waals surface area contributed by atoms with Crippen LogP contribution in [0.25, 0.3) is 0 Å². The number of carbonyl (C=O) groups excluding carboxylic acids is 1. The average molecular weight is 286 g/mol. The number of aryl methyl sites for hydroxylation is 1. The zero-order valence-electron chi connectivity index (χ0n) is 11.0. The van der Waals surface area contributed by atoms with E-state index in [2.05, 4.69) is 5.32 Å². The lowest BCUT2D eigenvalue weighted by molar-refractivity contribution is -0.120. The summed E-state index contributed by atoms with van der Waals surface area (Å²) in [6.45, 7) is 2.31. The Kier molecular flexibility index (Phi) is 5.46. The van der Waals surface area contributed by atoms with Crippen molar-refractivity contribution in [1.82, 2.24) is 0 Å². The second-order valence-corrected chi connectivity index (χ2v) is 6.15. The Morgan fingerprint density at radius 3 is 2.68 bits per heavy atom. The first-order chi connectivity index (χ1) is 8.84. The highest BCUT2D eigenvalue weighted by molar-refractivity contribution is 7.90. The summed E-state index contributed by atoms with van der Waals surface area (Å²) in [6, 6.07) is 4.59. The normalized spacial score (nSPS) is 11.3. The highest BCUT2D eigenvalue weighted by Crippen LogP contribution is 2.20. The van der Waals surface area contributed by atoms with Gasteiger partial charge in [-0.3, -0.25) is 4.79 Å². The predicted molar refractivity (Wildman–Crippen MR) is 72.8 cm³/mol. The van der Waals surface area contributed by atoms with E-state index < -0.39 is 9.84 Å². The minimum absolute atomic E-state index is 0.111. The van der Waals surface area contributed by atoms with Crippen LogP contribution < -0.4 is 11.1 Å². The number of hydrogen-bond acceptors (Lipinski definition) is 5. The first-order valence-electron chi connectivity index (χ1n) is 5.73. The van der Waals surface area contributed by atoms with Crippen LogP contribution in [0, 0.1) is 6.92 Å². The maximum absolute atomic E-state index is 11.6. The van der Waals surface area contributed by atoms with Crippen molar-refractivity contribution in [2.45, 2.75) is 11.8 Å². The number of carbonyl (C=O) groups is 1. The van der Waals surface area contributed by atoms with Crippen LogP contribution >= 0.6 is 0 Å². The van der Waals surface area contributed by atoms with Gasteiger partial charge in [-0.25, -0.2) is 8.42 Å². The largest absolute Gasteiger partial charge is 0.370 e. The van der Waals surface area contributed by atoms with Crippen molar-refractivity contribution < 1.29 is 17.9 Å². The first-order valence-corrected chi connectivity index (χ1v) is 7.62. The van der Waals surface area contributed by atoms with Gasteiger partial charge in [-0.2, -0.15) is 0 Å². The molecule has 0 saturated heterocycles. The van der Waals surface area contributed by atoms with Gasteiger partial charge in [-0.1, -0.05) is 6.07 Å². The number of nitrogens with two attached hydrogens (primary N) is 1. The van der Waals surface area contributed by atoms with Crippen LogP contribution in [0.2, 0.25) is 0 Å². The number of amides is 1. The van der Waals surface area contributed by atoms with Crippen LogP contribution in [-0.2, 0) is 19.4 Å². The van der Waals surface area contributed by atoms with Crippen LogP contribution in [0.1, 0.15) is 5.56 Å². The molecule has 0 heterocycles. The minimum atomic E-state index is -3.30. The zero-order valence-corrected chi connectivity index (χ0v) is 11.8. The number of anilines is 1. The summed E-state index contributed by atoms with van der Waals surface area (Å²) in [5.74, 6) is -0.345. The molecule has 6 nitrogen and oxygen atoms in total. The summed E-state index contributed by atoms with van der Waals surface area (Å²) < 4.78 is 27.9. The van der Waals surface area contributed by atoms with Crippen LogP contribution in [0.4, 0.5) is 5.69 Å². The molecule has 7 heteroatoms. The number of rotatable bonds is 6. The van der Waals surface area contributed by atoms with Gasteiger partial charge in [0.15, 0.2) is 9.84 Å². The number of hydrogen-bond donors (Lipinski definition) is 2. The van der Waals surface area contributed by atoms with Crippen LogP contribution in [0.5, 0.6) is 0 Å². The van der Waals surface area contributed by atoms with Crippen molar-refractivity contribution >= 4 is 21.4 Å². The molecule has 1 aromatic carbocycles. The molecule has 1 aromatic rings. The van der Waals surface area contributed by atoms with Gasteiger partial charge in [0.25, 0.3) is 0 Å². The van der Waals surface area contributed by atoms with E-state index in [0.717, 1.165) is 11.8 Å². The Labute approximate surface area is 112 Å². The molecule has 0 unspecified atom stereocenters.